The van der Waals surface area contributed by atoms with E-state index in [0.717, 1.165) is 29.7 Å². The second-order valence-electron chi connectivity index (χ2n) is 5.61. The lowest BCUT2D eigenvalue weighted by molar-refractivity contribution is -0.131. The highest BCUT2D eigenvalue weighted by atomic mass is 32.2. The van der Waals surface area contributed by atoms with E-state index in [0.29, 0.717) is 25.1 Å². The van der Waals surface area contributed by atoms with Crippen molar-refractivity contribution in [2.24, 2.45) is 0 Å². The van der Waals surface area contributed by atoms with E-state index in [1.165, 1.54) is 6.42 Å². The van der Waals surface area contributed by atoms with E-state index in [9.17, 15) is 14.7 Å². The van der Waals surface area contributed by atoms with E-state index in [4.69, 9.17) is 0 Å². The van der Waals surface area contributed by atoms with Crippen LogP contribution in [0, 0.1) is 0 Å². The lowest BCUT2D eigenvalue weighted by Gasteiger charge is -2.33. The molecule has 1 N–H and O–H groups in total. The second-order valence-corrected chi connectivity index (χ2v) is 6.92. The summed E-state index contributed by atoms with van der Waals surface area (Å²) in [6, 6.07) is 5.36. The Morgan fingerprint density at radius 1 is 1.29 bits per heavy atom. The zero-order chi connectivity index (χ0) is 14.8. The number of nitrogens with zero attached hydrogens (tertiary/aromatic N) is 1. The predicted octanol–water partition coefficient (Wildman–Crippen LogP) is 2.56. The Labute approximate surface area is 128 Å². The molecule has 21 heavy (non-hydrogen) atoms. The summed E-state index contributed by atoms with van der Waals surface area (Å²) in [5.74, 6) is 0.421. The summed E-state index contributed by atoms with van der Waals surface area (Å²) in [5.41, 5.74) is 2.26. The number of rotatable bonds is 2. The van der Waals surface area contributed by atoms with Crippen LogP contribution < -0.4 is 0 Å². The molecule has 112 valence electrons. The Morgan fingerprint density at radius 2 is 2.14 bits per heavy atom. The Kier molecular flexibility index (Phi) is 4.19. The molecule has 1 fully saturated rings. The zero-order valence-electron chi connectivity index (χ0n) is 11.9. The predicted molar refractivity (Wildman–Crippen MR) is 82.6 cm³/mol. The molecular formula is C16H19NO3S. The van der Waals surface area contributed by atoms with Gasteiger partial charge in [0.1, 0.15) is 0 Å². The smallest absolute Gasteiger partial charge is 0.335 e. The van der Waals surface area contributed by atoms with Crippen molar-refractivity contribution in [2.45, 2.75) is 37.5 Å². The number of thioether (sulfide) groups is 1. The summed E-state index contributed by atoms with van der Waals surface area (Å²) in [6.45, 7) is 1.18. The molecule has 1 aromatic carbocycles. The molecule has 1 unspecified atom stereocenters. The summed E-state index contributed by atoms with van der Waals surface area (Å²) in [4.78, 5) is 25.7. The number of hydrogen-bond donors (Lipinski definition) is 1. The van der Waals surface area contributed by atoms with Gasteiger partial charge in [-0.25, -0.2) is 4.79 Å². The molecule has 1 saturated heterocycles. The molecule has 0 aromatic heterocycles. The molecule has 2 aliphatic rings. The first kappa shape index (κ1) is 14.4. The van der Waals surface area contributed by atoms with Gasteiger partial charge in [-0.05, 0) is 42.2 Å². The third kappa shape index (κ3) is 2.93. The largest absolute Gasteiger partial charge is 0.478 e. The van der Waals surface area contributed by atoms with E-state index in [-0.39, 0.29) is 11.2 Å². The first-order valence-corrected chi connectivity index (χ1v) is 8.46. The summed E-state index contributed by atoms with van der Waals surface area (Å²) in [7, 11) is 0. The lowest BCUT2D eigenvalue weighted by Crippen LogP contribution is -2.42. The van der Waals surface area contributed by atoms with Crippen LogP contribution in [0.5, 0.6) is 0 Å². The molecule has 0 saturated carbocycles. The van der Waals surface area contributed by atoms with Gasteiger partial charge in [-0.1, -0.05) is 18.6 Å². The van der Waals surface area contributed by atoms with Crippen LogP contribution in [-0.2, 0) is 17.8 Å². The minimum absolute atomic E-state index is 0.1000. The maximum Gasteiger partial charge on any atom is 0.335 e. The van der Waals surface area contributed by atoms with Crippen molar-refractivity contribution >= 4 is 23.6 Å². The number of fused-ring (bicyclic) bond motifs is 1. The fraction of sp³-hybridized carbons (Fsp3) is 0.500. The Hall–Kier alpha value is -1.49. The van der Waals surface area contributed by atoms with Crippen LogP contribution in [0.3, 0.4) is 0 Å². The summed E-state index contributed by atoms with van der Waals surface area (Å²) in [5, 5.41) is 9.34. The van der Waals surface area contributed by atoms with Gasteiger partial charge < -0.3 is 10.0 Å². The lowest BCUT2D eigenvalue weighted by atomic mass is 9.94. The normalized spacial score (nSPS) is 21.7. The summed E-state index contributed by atoms with van der Waals surface area (Å²) >= 11 is 1.77. The monoisotopic (exact) mass is 305 g/mol. The molecule has 0 radical (unpaired) electrons. The van der Waals surface area contributed by atoms with Crippen molar-refractivity contribution in [3.8, 4) is 0 Å². The average molecular weight is 305 g/mol. The molecule has 0 aliphatic carbocycles. The number of carbonyl (C=O) groups excluding carboxylic acids is 1. The van der Waals surface area contributed by atoms with E-state index < -0.39 is 5.97 Å². The van der Waals surface area contributed by atoms with Crippen LogP contribution in [0.2, 0.25) is 0 Å². The highest BCUT2D eigenvalue weighted by molar-refractivity contribution is 8.00. The summed E-state index contributed by atoms with van der Waals surface area (Å²) in [6.07, 6.45) is 3.96. The third-order valence-electron chi connectivity index (χ3n) is 4.26. The van der Waals surface area contributed by atoms with Crippen molar-refractivity contribution in [1.82, 2.24) is 4.90 Å². The van der Waals surface area contributed by atoms with Crippen LogP contribution in [-0.4, -0.2) is 39.4 Å². The fourth-order valence-corrected chi connectivity index (χ4v) is 4.42. The standard InChI is InChI=1S/C16H19NO3S/c18-15(14-6-1-2-9-21-14)17-8-7-12-11(10-17)4-3-5-13(12)16(19)20/h3-5,14H,1-2,6-10H2,(H,19,20). The molecule has 2 heterocycles. The molecule has 1 aromatic rings. The topological polar surface area (TPSA) is 57.6 Å². The van der Waals surface area contributed by atoms with Gasteiger partial charge in [-0.2, -0.15) is 0 Å². The minimum Gasteiger partial charge on any atom is -0.478 e. The second kappa shape index (κ2) is 6.10. The number of amides is 1. The molecule has 3 rings (SSSR count). The molecule has 5 heteroatoms. The van der Waals surface area contributed by atoms with Gasteiger partial charge in [0.05, 0.1) is 10.8 Å². The quantitative estimate of drug-likeness (QED) is 0.912. The van der Waals surface area contributed by atoms with E-state index in [2.05, 4.69) is 0 Å². The Morgan fingerprint density at radius 3 is 2.86 bits per heavy atom. The maximum absolute atomic E-state index is 12.6. The van der Waals surface area contributed by atoms with Gasteiger partial charge >= 0.3 is 5.97 Å². The molecule has 0 bridgehead atoms. The number of hydrogen-bond acceptors (Lipinski definition) is 3. The number of carbonyl (C=O) groups is 2. The zero-order valence-corrected chi connectivity index (χ0v) is 12.7. The number of aromatic carboxylic acids is 1. The van der Waals surface area contributed by atoms with Crippen LogP contribution >= 0.6 is 11.8 Å². The van der Waals surface area contributed by atoms with Crippen molar-refractivity contribution in [3.05, 3.63) is 34.9 Å². The van der Waals surface area contributed by atoms with E-state index >= 15 is 0 Å². The number of carboxylic acids is 1. The molecular weight excluding hydrogens is 286 g/mol. The van der Waals surface area contributed by atoms with Gasteiger partial charge in [-0.3, -0.25) is 4.79 Å². The van der Waals surface area contributed by atoms with Crippen LogP contribution in [0.25, 0.3) is 0 Å². The highest BCUT2D eigenvalue weighted by Crippen LogP contribution is 2.29. The molecule has 1 atom stereocenters. The molecule has 1 amide bonds. The van der Waals surface area contributed by atoms with Crippen molar-refractivity contribution in [1.29, 1.82) is 0 Å². The van der Waals surface area contributed by atoms with E-state index in [1.807, 2.05) is 11.0 Å². The van der Waals surface area contributed by atoms with Crippen molar-refractivity contribution in [3.63, 3.8) is 0 Å². The average Bonchev–Trinajstić information content (AvgIpc) is 2.53. The third-order valence-corrected chi connectivity index (χ3v) is 5.63. The fourth-order valence-electron chi connectivity index (χ4n) is 3.14. The van der Waals surface area contributed by atoms with Crippen LogP contribution in [0.15, 0.2) is 18.2 Å². The first-order valence-electron chi connectivity index (χ1n) is 7.41. The van der Waals surface area contributed by atoms with Crippen LogP contribution in [0.4, 0.5) is 0 Å². The Balaban J connectivity index is 1.77. The van der Waals surface area contributed by atoms with Gasteiger partial charge in [-0.15, -0.1) is 11.8 Å². The maximum atomic E-state index is 12.6. The SMILES string of the molecule is O=C(O)c1cccc2c1CCN(C(=O)C1CCCCS1)C2. The van der Waals surface area contributed by atoms with Gasteiger partial charge in [0, 0.05) is 13.1 Å². The first-order chi connectivity index (χ1) is 10.2. The number of carboxylic acid groups (broad SMARTS) is 1. The van der Waals surface area contributed by atoms with Crippen LogP contribution in [0.1, 0.15) is 40.7 Å². The van der Waals surface area contributed by atoms with E-state index in [1.54, 1.807) is 23.9 Å². The number of benzene rings is 1. The van der Waals surface area contributed by atoms with Crippen molar-refractivity contribution < 1.29 is 14.7 Å². The van der Waals surface area contributed by atoms with Gasteiger partial charge in [0.15, 0.2) is 0 Å². The highest BCUT2D eigenvalue weighted by Gasteiger charge is 2.30. The van der Waals surface area contributed by atoms with Gasteiger partial charge in [0.2, 0.25) is 5.91 Å². The molecule has 0 spiro atoms. The minimum atomic E-state index is -0.880. The van der Waals surface area contributed by atoms with Gasteiger partial charge in [0.25, 0.3) is 0 Å². The van der Waals surface area contributed by atoms with Crippen molar-refractivity contribution in [2.75, 3.05) is 12.3 Å². The summed E-state index contributed by atoms with van der Waals surface area (Å²) < 4.78 is 0. The molecule has 2 aliphatic heterocycles. The molecule has 4 nitrogen and oxygen atoms in total. The Bertz CT molecular complexity index is 567.